The third-order valence-corrected chi connectivity index (χ3v) is 10.3. The van der Waals surface area contributed by atoms with Gasteiger partial charge in [0.05, 0.1) is 6.10 Å². The van der Waals surface area contributed by atoms with E-state index < -0.39 is 0 Å². The van der Waals surface area contributed by atoms with E-state index in [0.717, 1.165) is 36.5 Å². The van der Waals surface area contributed by atoms with E-state index >= 15 is 0 Å². The van der Waals surface area contributed by atoms with Gasteiger partial charge in [0.2, 0.25) is 0 Å². The van der Waals surface area contributed by atoms with Gasteiger partial charge in [-0.1, -0.05) is 26.0 Å². The van der Waals surface area contributed by atoms with Gasteiger partial charge >= 0.3 is 0 Å². The molecule has 0 aliphatic heterocycles. The predicted molar refractivity (Wildman–Crippen MR) is 108 cm³/mol. The molecule has 1 N–H and O–H groups in total. The van der Waals surface area contributed by atoms with Crippen LogP contribution in [0, 0.1) is 39.9 Å². The molecule has 4 fully saturated rings. The number of nitrogens with zero attached hydrogens (tertiary/aromatic N) is 1. The van der Waals surface area contributed by atoms with Gasteiger partial charge in [-0.25, -0.2) is 0 Å². The summed E-state index contributed by atoms with van der Waals surface area (Å²) in [5.74, 6) is 3.47. The van der Waals surface area contributed by atoms with Gasteiger partial charge in [-0.2, -0.15) is 0 Å². The van der Waals surface area contributed by atoms with E-state index in [4.69, 9.17) is 0 Å². The molecule has 2 nitrogen and oxygen atoms in total. The molecule has 1 aromatic rings. The van der Waals surface area contributed by atoms with Gasteiger partial charge < -0.3 is 5.11 Å². The smallest absolute Gasteiger partial charge is 0.0546 e. The van der Waals surface area contributed by atoms with Crippen LogP contribution in [0.25, 0.3) is 5.57 Å². The number of aromatic nitrogens is 1. The lowest BCUT2D eigenvalue weighted by Crippen LogP contribution is -2.54. The number of allylic oxidation sites excluding steroid dienone is 2. The normalized spacial score (nSPS) is 52.9. The monoisotopic (exact) mass is 363 g/mol. The molecule has 144 valence electrons. The van der Waals surface area contributed by atoms with E-state index in [1.807, 2.05) is 6.20 Å². The molecular weight excluding hydrogens is 330 g/mol. The van der Waals surface area contributed by atoms with E-state index in [0.29, 0.717) is 16.2 Å². The van der Waals surface area contributed by atoms with Gasteiger partial charge in [-0.3, -0.25) is 4.98 Å². The zero-order chi connectivity index (χ0) is 18.4. The van der Waals surface area contributed by atoms with Crippen LogP contribution in [0.5, 0.6) is 0 Å². The lowest BCUT2D eigenvalue weighted by Gasteiger charge is -2.61. The minimum absolute atomic E-state index is 0.0289. The Morgan fingerprint density at radius 3 is 2.81 bits per heavy atom. The molecule has 5 aliphatic rings. The molecule has 0 amide bonds. The van der Waals surface area contributed by atoms with Crippen molar-refractivity contribution in [2.24, 2.45) is 39.9 Å². The Morgan fingerprint density at radius 1 is 1.11 bits per heavy atom. The van der Waals surface area contributed by atoms with Crippen molar-refractivity contribution in [3.8, 4) is 0 Å². The molecule has 0 saturated heterocycles. The molecule has 4 saturated carbocycles. The van der Waals surface area contributed by atoms with Gasteiger partial charge in [0.15, 0.2) is 0 Å². The topological polar surface area (TPSA) is 33.1 Å². The Kier molecular flexibility index (Phi) is 3.27. The van der Waals surface area contributed by atoms with Crippen LogP contribution in [0.4, 0.5) is 0 Å². The highest BCUT2D eigenvalue weighted by molar-refractivity contribution is 5.72. The van der Waals surface area contributed by atoms with E-state index in [1.54, 1.807) is 5.57 Å². The Hall–Kier alpha value is -1.15. The lowest BCUT2D eigenvalue weighted by molar-refractivity contribution is -0.125. The van der Waals surface area contributed by atoms with Crippen molar-refractivity contribution in [2.75, 3.05) is 0 Å². The van der Waals surface area contributed by atoms with E-state index in [2.05, 4.69) is 43.2 Å². The maximum atomic E-state index is 10.4. The molecule has 2 heteroatoms. The summed E-state index contributed by atoms with van der Waals surface area (Å²) < 4.78 is 0. The Labute approximate surface area is 163 Å². The fraction of sp³-hybridized carbons (Fsp3) is 0.720. The molecule has 0 bridgehead atoms. The predicted octanol–water partition coefficient (Wildman–Crippen LogP) is 5.48. The van der Waals surface area contributed by atoms with Crippen LogP contribution in [0.3, 0.4) is 0 Å². The summed E-state index contributed by atoms with van der Waals surface area (Å²) in [5, 5.41) is 10.4. The van der Waals surface area contributed by atoms with Crippen molar-refractivity contribution in [3.63, 3.8) is 0 Å². The Bertz CT molecular complexity index is 802. The largest absolute Gasteiger partial charge is 0.393 e. The summed E-state index contributed by atoms with van der Waals surface area (Å²) in [6, 6.07) is 4.35. The molecule has 1 spiro atoms. The second kappa shape index (κ2) is 5.26. The first kappa shape index (κ1) is 16.8. The summed E-state index contributed by atoms with van der Waals surface area (Å²) in [6.07, 6.45) is 16.7. The molecule has 1 aromatic heterocycles. The first-order valence-corrected chi connectivity index (χ1v) is 11.3. The summed E-state index contributed by atoms with van der Waals surface area (Å²) >= 11 is 0. The van der Waals surface area contributed by atoms with Crippen molar-refractivity contribution < 1.29 is 5.11 Å². The summed E-state index contributed by atoms with van der Waals surface area (Å²) in [4.78, 5) is 4.40. The van der Waals surface area contributed by atoms with E-state index in [9.17, 15) is 5.11 Å². The average Bonchev–Trinajstić information content (AvgIpc) is 3.24. The van der Waals surface area contributed by atoms with Crippen molar-refractivity contribution >= 4 is 5.57 Å². The number of hydrogen-bond acceptors (Lipinski definition) is 2. The van der Waals surface area contributed by atoms with Crippen molar-refractivity contribution in [1.82, 2.24) is 4.98 Å². The second-order valence-electron chi connectivity index (χ2n) is 11.0. The van der Waals surface area contributed by atoms with Crippen molar-refractivity contribution in [1.29, 1.82) is 0 Å². The van der Waals surface area contributed by atoms with Crippen LogP contribution in [0.1, 0.15) is 70.8 Å². The molecular formula is C25H33NO. The summed E-state index contributed by atoms with van der Waals surface area (Å²) in [7, 11) is 0. The average molecular weight is 364 g/mol. The zero-order valence-corrected chi connectivity index (χ0v) is 16.8. The molecule has 8 atom stereocenters. The highest BCUT2D eigenvalue weighted by atomic mass is 16.3. The van der Waals surface area contributed by atoms with Crippen LogP contribution in [-0.4, -0.2) is 16.2 Å². The van der Waals surface area contributed by atoms with Gasteiger partial charge in [0, 0.05) is 12.4 Å². The number of pyridine rings is 1. The first-order valence-electron chi connectivity index (χ1n) is 11.3. The molecule has 0 radical (unpaired) electrons. The van der Waals surface area contributed by atoms with Crippen LogP contribution in [0.2, 0.25) is 0 Å². The van der Waals surface area contributed by atoms with Gasteiger partial charge in [-0.05, 0) is 108 Å². The number of fused-ring (bicyclic) bond motifs is 4. The number of aliphatic hydroxyl groups is 1. The van der Waals surface area contributed by atoms with Gasteiger partial charge in [-0.15, -0.1) is 0 Å². The third-order valence-electron chi connectivity index (χ3n) is 10.3. The molecule has 27 heavy (non-hydrogen) atoms. The fourth-order valence-corrected chi connectivity index (χ4v) is 8.94. The quantitative estimate of drug-likeness (QED) is 0.717. The first-order chi connectivity index (χ1) is 13.0. The van der Waals surface area contributed by atoms with Crippen molar-refractivity contribution in [2.45, 2.75) is 71.3 Å². The zero-order valence-electron chi connectivity index (χ0n) is 16.8. The molecule has 5 unspecified atom stereocenters. The maximum Gasteiger partial charge on any atom is 0.0546 e. The Morgan fingerprint density at radius 2 is 2.00 bits per heavy atom. The summed E-state index contributed by atoms with van der Waals surface area (Å²) in [5.41, 5.74) is 4.25. The second-order valence-corrected chi connectivity index (χ2v) is 11.0. The third kappa shape index (κ3) is 1.98. The van der Waals surface area contributed by atoms with Crippen LogP contribution >= 0.6 is 0 Å². The lowest BCUT2D eigenvalue weighted by atomic mass is 9.44. The van der Waals surface area contributed by atoms with Crippen LogP contribution < -0.4 is 0 Å². The Balaban J connectivity index is 1.35. The van der Waals surface area contributed by atoms with Crippen LogP contribution in [0.15, 0.2) is 30.6 Å². The van der Waals surface area contributed by atoms with E-state index in [-0.39, 0.29) is 6.10 Å². The van der Waals surface area contributed by atoms with Crippen LogP contribution in [-0.2, 0) is 0 Å². The standard InChI is InChI=1S/C25H33NO/c1-23-9-8-22-19(21(23)6-5-20(23)16-4-3-11-26-15-16)12-17-13-25(17)14-18(27)7-10-24(22,25)2/h3-5,11,15,17-19,21-22,27H,6-10,12-14H2,1-2H3/t17?,18-,19?,21?,22?,23+,24+,25?/m0/s1. The molecule has 0 aromatic carbocycles. The molecule has 6 rings (SSSR count). The van der Waals surface area contributed by atoms with Gasteiger partial charge in [0.1, 0.15) is 0 Å². The highest BCUT2D eigenvalue weighted by Gasteiger charge is 2.73. The minimum Gasteiger partial charge on any atom is -0.393 e. The number of hydrogen-bond donors (Lipinski definition) is 1. The van der Waals surface area contributed by atoms with Crippen molar-refractivity contribution in [3.05, 3.63) is 36.2 Å². The molecule has 5 aliphatic carbocycles. The van der Waals surface area contributed by atoms with E-state index in [1.165, 1.54) is 44.1 Å². The summed E-state index contributed by atoms with van der Waals surface area (Å²) in [6.45, 7) is 5.18. The number of aliphatic hydroxyl groups excluding tert-OH is 1. The fourth-order valence-electron chi connectivity index (χ4n) is 8.94. The molecule has 1 heterocycles. The highest BCUT2D eigenvalue weighted by Crippen LogP contribution is 2.80. The van der Waals surface area contributed by atoms with Gasteiger partial charge in [0.25, 0.3) is 0 Å². The minimum atomic E-state index is -0.0289. The SMILES string of the molecule is C[C@]12CCC3C(CC4CC45C[C@@H](O)CC[C@]35C)C1CC=C2c1cccnc1. The number of rotatable bonds is 1. The maximum absolute atomic E-state index is 10.4.